The van der Waals surface area contributed by atoms with E-state index in [0.717, 1.165) is 51.3 Å². The monoisotopic (exact) mass is 480 g/mol. The molecule has 1 aliphatic carbocycles. The Hall–Kier alpha value is -3.13. The van der Waals surface area contributed by atoms with Crippen LogP contribution in [0.25, 0.3) is 10.9 Å². The predicted octanol–water partition coefficient (Wildman–Crippen LogP) is 3.96. The molecule has 2 fully saturated rings. The van der Waals surface area contributed by atoms with E-state index in [1.54, 1.807) is 18.5 Å². The third-order valence-electron chi connectivity index (χ3n) is 7.23. The van der Waals surface area contributed by atoms with Gasteiger partial charge < -0.3 is 24.1 Å². The molecule has 0 bridgehead atoms. The molecule has 1 atom stereocenters. The lowest BCUT2D eigenvalue weighted by Gasteiger charge is -2.35. The third-order valence-corrected chi connectivity index (χ3v) is 7.23. The molecule has 186 valence electrons. The molecule has 1 amide bonds. The molecular weight excluding hydrogens is 447 g/mol. The minimum absolute atomic E-state index is 0.0676. The summed E-state index contributed by atoms with van der Waals surface area (Å²) in [7, 11) is 0. The molecule has 1 unspecified atom stereocenters. The van der Waals surface area contributed by atoms with Gasteiger partial charge in [0.05, 0.1) is 17.5 Å². The van der Waals surface area contributed by atoms with Gasteiger partial charge in [0.25, 0.3) is 5.91 Å². The highest BCUT2D eigenvalue weighted by atomic mass is 19.1. The van der Waals surface area contributed by atoms with Crippen molar-refractivity contribution in [3.8, 4) is 0 Å². The SMILES string of the molecule is CCN1CCN(c2cc3c(cc2F)c(=O)c(C(=O)NC(C)CCc2ccco2)cn3C2CC2)CC1. The van der Waals surface area contributed by atoms with Crippen molar-refractivity contribution in [2.24, 2.45) is 0 Å². The topological polar surface area (TPSA) is 70.7 Å². The molecule has 1 saturated heterocycles. The summed E-state index contributed by atoms with van der Waals surface area (Å²) in [5.41, 5.74) is 0.881. The average molecular weight is 481 g/mol. The zero-order chi connectivity index (χ0) is 24.5. The number of carbonyl (C=O) groups is 1. The molecule has 8 heteroatoms. The van der Waals surface area contributed by atoms with Crippen molar-refractivity contribution < 1.29 is 13.6 Å². The van der Waals surface area contributed by atoms with Crippen molar-refractivity contribution in [2.75, 3.05) is 37.6 Å². The van der Waals surface area contributed by atoms with Gasteiger partial charge in [-0.05, 0) is 57.0 Å². The Bertz CT molecular complexity index is 1260. The van der Waals surface area contributed by atoms with Crippen LogP contribution in [0.5, 0.6) is 0 Å². The number of benzene rings is 1. The number of amides is 1. The number of halogens is 1. The first kappa shape index (κ1) is 23.6. The first-order valence-corrected chi connectivity index (χ1v) is 12.6. The van der Waals surface area contributed by atoms with Gasteiger partial charge in [-0.1, -0.05) is 6.92 Å². The number of likely N-dealkylation sites (N-methyl/N-ethyl adjacent to an activating group) is 1. The summed E-state index contributed by atoms with van der Waals surface area (Å²) in [5, 5.41) is 3.20. The lowest BCUT2D eigenvalue weighted by Crippen LogP contribution is -2.46. The fourth-order valence-corrected chi connectivity index (χ4v) is 4.91. The maximum atomic E-state index is 15.3. The zero-order valence-electron chi connectivity index (χ0n) is 20.4. The molecule has 35 heavy (non-hydrogen) atoms. The highest BCUT2D eigenvalue weighted by Gasteiger charge is 2.29. The number of anilines is 1. The van der Waals surface area contributed by atoms with Crippen LogP contribution in [-0.2, 0) is 6.42 Å². The van der Waals surface area contributed by atoms with Crippen LogP contribution in [-0.4, -0.2) is 54.1 Å². The minimum Gasteiger partial charge on any atom is -0.469 e. The lowest BCUT2D eigenvalue weighted by molar-refractivity contribution is 0.0936. The van der Waals surface area contributed by atoms with Gasteiger partial charge in [0.1, 0.15) is 17.1 Å². The number of nitrogens with one attached hydrogen (secondary N) is 1. The van der Waals surface area contributed by atoms with Crippen LogP contribution in [0.3, 0.4) is 0 Å². The molecule has 5 rings (SSSR count). The number of furan rings is 1. The van der Waals surface area contributed by atoms with E-state index in [1.807, 2.05) is 23.6 Å². The summed E-state index contributed by atoms with van der Waals surface area (Å²) in [6.45, 7) is 8.31. The standard InChI is InChI=1S/C27H33FN4O3/c1-3-30-10-12-31(13-11-30)25-16-24-21(15-23(25)28)26(33)22(17-32(24)19-7-8-19)27(34)29-18(2)6-9-20-5-4-14-35-20/h4-5,14-19H,3,6-13H2,1-2H3,(H,29,34). The Morgan fingerprint density at radius 3 is 2.66 bits per heavy atom. The minimum atomic E-state index is -0.422. The molecule has 7 nitrogen and oxygen atoms in total. The van der Waals surface area contributed by atoms with Crippen molar-refractivity contribution in [3.05, 3.63) is 64.1 Å². The Morgan fingerprint density at radius 2 is 2.00 bits per heavy atom. The van der Waals surface area contributed by atoms with E-state index in [4.69, 9.17) is 4.42 Å². The number of nitrogens with zero attached hydrogens (tertiary/aromatic N) is 3. The summed E-state index contributed by atoms with van der Waals surface area (Å²) in [6, 6.07) is 6.96. The lowest BCUT2D eigenvalue weighted by atomic mass is 10.1. The second-order valence-corrected chi connectivity index (χ2v) is 9.74. The number of hydrogen-bond donors (Lipinski definition) is 1. The molecule has 3 aromatic rings. The van der Waals surface area contributed by atoms with Gasteiger partial charge in [-0.15, -0.1) is 0 Å². The summed E-state index contributed by atoms with van der Waals surface area (Å²) in [5.74, 6) is 0.0277. The zero-order valence-corrected chi connectivity index (χ0v) is 20.4. The van der Waals surface area contributed by atoms with Crippen molar-refractivity contribution >= 4 is 22.5 Å². The quantitative estimate of drug-likeness (QED) is 0.529. The van der Waals surface area contributed by atoms with Crippen LogP contribution >= 0.6 is 0 Å². The summed E-state index contributed by atoms with van der Waals surface area (Å²) in [4.78, 5) is 30.8. The van der Waals surface area contributed by atoms with Gasteiger partial charge in [0, 0.05) is 56.3 Å². The highest BCUT2D eigenvalue weighted by molar-refractivity contribution is 5.98. The van der Waals surface area contributed by atoms with Crippen LogP contribution in [0, 0.1) is 5.82 Å². The van der Waals surface area contributed by atoms with E-state index in [-0.39, 0.29) is 23.0 Å². The third kappa shape index (κ3) is 4.98. The van der Waals surface area contributed by atoms with Gasteiger partial charge >= 0.3 is 0 Å². The fraction of sp³-hybridized carbons (Fsp3) is 0.481. The molecule has 2 aromatic heterocycles. The predicted molar refractivity (Wildman–Crippen MR) is 135 cm³/mol. The number of piperazine rings is 1. The number of pyridine rings is 1. The van der Waals surface area contributed by atoms with E-state index in [2.05, 4.69) is 22.0 Å². The van der Waals surface area contributed by atoms with Crippen LogP contribution in [0.1, 0.15) is 55.3 Å². The molecule has 0 spiro atoms. The van der Waals surface area contributed by atoms with Gasteiger partial charge in [0.2, 0.25) is 5.43 Å². The second kappa shape index (κ2) is 9.85. The Balaban J connectivity index is 1.42. The maximum absolute atomic E-state index is 15.3. The van der Waals surface area contributed by atoms with E-state index in [1.165, 1.54) is 6.07 Å². The summed E-state index contributed by atoms with van der Waals surface area (Å²) in [6.07, 6.45) is 6.66. The molecule has 0 radical (unpaired) electrons. The number of fused-ring (bicyclic) bond motifs is 1. The van der Waals surface area contributed by atoms with Crippen molar-refractivity contribution in [2.45, 2.75) is 51.6 Å². The van der Waals surface area contributed by atoms with Gasteiger partial charge in [0.15, 0.2) is 0 Å². The van der Waals surface area contributed by atoms with Crippen LogP contribution in [0.2, 0.25) is 0 Å². The van der Waals surface area contributed by atoms with Crippen molar-refractivity contribution in [3.63, 3.8) is 0 Å². The van der Waals surface area contributed by atoms with E-state index in [0.29, 0.717) is 24.0 Å². The summed E-state index contributed by atoms with van der Waals surface area (Å²) < 4.78 is 22.6. The number of rotatable bonds is 8. The Kier molecular flexibility index (Phi) is 6.65. The Morgan fingerprint density at radius 1 is 1.23 bits per heavy atom. The maximum Gasteiger partial charge on any atom is 0.256 e. The van der Waals surface area contributed by atoms with Crippen LogP contribution < -0.4 is 15.6 Å². The molecule has 1 aromatic carbocycles. The van der Waals surface area contributed by atoms with Crippen LogP contribution in [0.4, 0.5) is 10.1 Å². The second-order valence-electron chi connectivity index (χ2n) is 9.74. The van der Waals surface area contributed by atoms with E-state index < -0.39 is 17.2 Å². The average Bonchev–Trinajstić information content (AvgIpc) is 3.57. The summed E-state index contributed by atoms with van der Waals surface area (Å²) >= 11 is 0. The smallest absolute Gasteiger partial charge is 0.256 e. The molecule has 3 heterocycles. The van der Waals surface area contributed by atoms with E-state index in [9.17, 15) is 9.59 Å². The van der Waals surface area contributed by atoms with Gasteiger partial charge in [-0.3, -0.25) is 9.59 Å². The highest BCUT2D eigenvalue weighted by Crippen LogP contribution is 2.38. The van der Waals surface area contributed by atoms with Crippen LogP contribution in [0.15, 0.2) is 45.9 Å². The number of carbonyl (C=O) groups excluding carboxylic acids is 1. The molecule has 1 N–H and O–H groups in total. The number of hydrogen-bond acceptors (Lipinski definition) is 5. The molecule has 2 aliphatic rings. The van der Waals surface area contributed by atoms with E-state index >= 15 is 4.39 Å². The fourth-order valence-electron chi connectivity index (χ4n) is 4.91. The Labute approximate surface area is 204 Å². The number of aromatic nitrogens is 1. The normalized spacial score (nSPS) is 17.6. The number of aryl methyl sites for hydroxylation is 1. The molecule has 1 saturated carbocycles. The largest absolute Gasteiger partial charge is 0.469 e. The van der Waals surface area contributed by atoms with Crippen molar-refractivity contribution in [1.82, 2.24) is 14.8 Å². The molecular formula is C27H33FN4O3. The van der Waals surface area contributed by atoms with Gasteiger partial charge in [-0.2, -0.15) is 0 Å². The molecule has 1 aliphatic heterocycles. The first-order chi connectivity index (χ1) is 16.9. The first-order valence-electron chi connectivity index (χ1n) is 12.6. The van der Waals surface area contributed by atoms with Crippen molar-refractivity contribution in [1.29, 1.82) is 0 Å². The van der Waals surface area contributed by atoms with Gasteiger partial charge in [-0.25, -0.2) is 4.39 Å².